The SMILES string of the molecule is CC1(C)CC[C@]2(C)CC=C3[C@H](CC[C@@H]4[C@@]5(C)CCCC(C)(C)[C@@H]5[C@@H](O)C[C@@]34C)[C@@H]2C1. The van der Waals surface area contributed by atoms with Gasteiger partial charge >= 0.3 is 0 Å². The number of rotatable bonds is 0. The van der Waals surface area contributed by atoms with E-state index in [1.807, 2.05) is 0 Å². The molecule has 5 rings (SSSR count). The monoisotopic (exact) mass is 412 g/mol. The molecule has 0 saturated heterocycles. The van der Waals surface area contributed by atoms with E-state index in [4.69, 9.17) is 0 Å². The molecule has 0 bridgehead atoms. The quantitative estimate of drug-likeness (QED) is 0.403. The molecule has 4 saturated carbocycles. The molecular weight excluding hydrogens is 364 g/mol. The highest BCUT2D eigenvalue weighted by atomic mass is 16.3. The maximum absolute atomic E-state index is 11.6. The van der Waals surface area contributed by atoms with Crippen LogP contribution >= 0.6 is 0 Å². The fraction of sp³-hybridized carbons (Fsp3) is 0.931. The second-order valence-electron chi connectivity index (χ2n) is 14.7. The number of aliphatic hydroxyl groups excluding tert-OH is 1. The van der Waals surface area contributed by atoms with Crippen LogP contribution in [0.25, 0.3) is 0 Å². The summed E-state index contributed by atoms with van der Waals surface area (Å²) in [6.45, 7) is 17.7. The number of allylic oxidation sites excluding steroid dienone is 2. The molecule has 0 spiro atoms. The predicted octanol–water partition coefficient (Wildman–Crippen LogP) is 7.78. The van der Waals surface area contributed by atoms with Crippen LogP contribution in [0.15, 0.2) is 11.6 Å². The first-order valence-corrected chi connectivity index (χ1v) is 13.2. The Morgan fingerprint density at radius 2 is 1.60 bits per heavy atom. The molecule has 1 N–H and O–H groups in total. The molecule has 0 heterocycles. The van der Waals surface area contributed by atoms with E-state index in [9.17, 15) is 5.11 Å². The number of aliphatic hydroxyl groups is 1. The third kappa shape index (κ3) is 2.82. The summed E-state index contributed by atoms with van der Waals surface area (Å²) >= 11 is 0. The summed E-state index contributed by atoms with van der Waals surface area (Å²) < 4.78 is 0. The molecular formula is C29H48O. The number of hydrogen-bond acceptors (Lipinski definition) is 1. The van der Waals surface area contributed by atoms with Crippen molar-refractivity contribution in [2.45, 2.75) is 119 Å². The van der Waals surface area contributed by atoms with Gasteiger partial charge in [0.05, 0.1) is 6.10 Å². The van der Waals surface area contributed by atoms with Crippen LogP contribution in [-0.2, 0) is 0 Å². The van der Waals surface area contributed by atoms with Crippen LogP contribution in [0.4, 0.5) is 0 Å². The number of hydrogen-bond donors (Lipinski definition) is 1. The molecule has 8 atom stereocenters. The summed E-state index contributed by atoms with van der Waals surface area (Å²) in [5.74, 6) is 2.84. The molecule has 0 aromatic carbocycles. The maximum atomic E-state index is 11.6. The summed E-state index contributed by atoms with van der Waals surface area (Å²) in [4.78, 5) is 0. The summed E-state index contributed by atoms with van der Waals surface area (Å²) in [5.41, 5.74) is 3.59. The van der Waals surface area contributed by atoms with Gasteiger partial charge in [0.15, 0.2) is 0 Å². The highest BCUT2D eigenvalue weighted by molar-refractivity contribution is 5.31. The third-order valence-electron chi connectivity index (χ3n) is 11.8. The lowest BCUT2D eigenvalue weighted by atomic mass is 9.37. The van der Waals surface area contributed by atoms with Crippen LogP contribution in [0.5, 0.6) is 0 Å². The molecule has 1 heteroatoms. The molecule has 0 aromatic heterocycles. The molecule has 0 amide bonds. The van der Waals surface area contributed by atoms with Crippen molar-refractivity contribution in [1.82, 2.24) is 0 Å². The van der Waals surface area contributed by atoms with E-state index in [1.54, 1.807) is 5.57 Å². The molecule has 1 nitrogen and oxygen atoms in total. The Balaban J connectivity index is 1.55. The van der Waals surface area contributed by atoms with Gasteiger partial charge in [-0.05, 0) is 109 Å². The first kappa shape index (κ1) is 21.5. The van der Waals surface area contributed by atoms with Crippen LogP contribution in [0.3, 0.4) is 0 Å². The van der Waals surface area contributed by atoms with Crippen molar-refractivity contribution in [3.05, 3.63) is 11.6 Å². The zero-order valence-electron chi connectivity index (χ0n) is 21.0. The smallest absolute Gasteiger partial charge is 0.0587 e. The summed E-state index contributed by atoms with van der Waals surface area (Å²) in [6.07, 6.45) is 15.8. The zero-order chi connectivity index (χ0) is 21.7. The van der Waals surface area contributed by atoms with Crippen molar-refractivity contribution in [3.63, 3.8) is 0 Å². The van der Waals surface area contributed by atoms with E-state index >= 15 is 0 Å². The lowest BCUT2D eigenvalue weighted by Crippen LogP contribution is -2.63. The van der Waals surface area contributed by atoms with Gasteiger partial charge in [-0.3, -0.25) is 0 Å². The highest BCUT2D eigenvalue weighted by Crippen LogP contribution is 2.72. The fourth-order valence-corrected chi connectivity index (χ4v) is 10.6. The third-order valence-corrected chi connectivity index (χ3v) is 11.8. The minimum atomic E-state index is -0.137. The van der Waals surface area contributed by atoms with Crippen LogP contribution in [0, 0.1) is 50.7 Å². The Morgan fingerprint density at radius 3 is 2.33 bits per heavy atom. The Bertz CT molecular complexity index is 745. The molecule has 0 unspecified atom stereocenters. The lowest BCUT2D eigenvalue weighted by Gasteiger charge is -2.68. The van der Waals surface area contributed by atoms with Crippen LogP contribution in [0.1, 0.15) is 113 Å². The average molecular weight is 413 g/mol. The van der Waals surface area contributed by atoms with Crippen molar-refractivity contribution in [2.24, 2.45) is 50.7 Å². The van der Waals surface area contributed by atoms with E-state index < -0.39 is 0 Å². The molecule has 0 aromatic rings. The molecule has 5 aliphatic rings. The van der Waals surface area contributed by atoms with Crippen LogP contribution in [-0.4, -0.2) is 11.2 Å². The minimum Gasteiger partial charge on any atom is -0.393 e. The minimum absolute atomic E-state index is 0.137. The van der Waals surface area contributed by atoms with E-state index in [-0.39, 0.29) is 16.9 Å². The summed E-state index contributed by atoms with van der Waals surface area (Å²) in [6, 6.07) is 0. The van der Waals surface area contributed by atoms with Gasteiger partial charge in [0.1, 0.15) is 0 Å². The molecule has 170 valence electrons. The predicted molar refractivity (Wildman–Crippen MR) is 126 cm³/mol. The second kappa shape index (κ2) is 6.39. The molecule has 5 aliphatic carbocycles. The van der Waals surface area contributed by atoms with Crippen molar-refractivity contribution in [3.8, 4) is 0 Å². The Morgan fingerprint density at radius 1 is 0.867 bits per heavy atom. The molecule has 0 radical (unpaired) electrons. The Labute approximate surface area is 186 Å². The first-order chi connectivity index (χ1) is 13.8. The zero-order valence-corrected chi connectivity index (χ0v) is 21.0. The number of fused-ring (bicyclic) bond motifs is 7. The first-order valence-electron chi connectivity index (χ1n) is 13.2. The topological polar surface area (TPSA) is 20.2 Å². The van der Waals surface area contributed by atoms with Crippen molar-refractivity contribution >= 4 is 0 Å². The van der Waals surface area contributed by atoms with Crippen LogP contribution in [0.2, 0.25) is 0 Å². The summed E-state index contributed by atoms with van der Waals surface area (Å²) in [5, 5.41) is 11.6. The molecule has 0 aliphatic heterocycles. The van der Waals surface area contributed by atoms with Gasteiger partial charge in [0.25, 0.3) is 0 Å². The van der Waals surface area contributed by atoms with E-state index in [0.29, 0.717) is 22.2 Å². The lowest BCUT2D eigenvalue weighted by molar-refractivity contribution is -0.191. The maximum Gasteiger partial charge on any atom is 0.0587 e. The Kier molecular flexibility index (Phi) is 4.59. The Hall–Kier alpha value is -0.300. The van der Waals surface area contributed by atoms with E-state index in [0.717, 1.165) is 24.2 Å². The average Bonchev–Trinajstić information content (AvgIpc) is 2.60. The fourth-order valence-electron chi connectivity index (χ4n) is 10.6. The van der Waals surface area contributed by atoms with Gasteiger partial charge in [-0.15, -0.1) is 0 Å². The van der Waals surface area contributed by atoms with Gasteiger partial charge in [0.2, 0.25) is 0 Å². The van der Waals surface area contributed by atoms with Crippen molar-refractivity contribution in [1.29, 1.82) is 0 Å². The normalized spacial score (nSPS) is 54.1. The van der Waals surface area contributed by atoms with Crippen molar-refractivity contribution in [2.75, 3.05) is 0 Å². The van der Waals surface area contributed by atoms with Gasteiger partial charge < -0.3 is 5.11 Å². The van der Waals surface area contributed by atoms with Gasteiger partial charge in [-0.1, -0.05) is 66.5 Å². The van der Waals surface area contributed by atoms with E-state index in [2.05, 4.69) is 54.5 Å². The van der Waals surface area contributed by atoms with E-state index in [1.165, 1.54) is 57.8 Å². The molecule has 30 heavy (non-hydrogen) atoms. The van der Waals surface area contributed by atoms with Gasteiger partial charge in [-0.25, -0.2) is 0 Å². The van der Waals surface area contributed by atoms with Crippen molar-refractivity contribution < 1.29 is 5.11 Å². The van der Waals surface area contributed by atoms with Gasteiger partial charge in [0, 0.05) is 0 Å². The van der Waals surface area contributed by atoms with Crippen LogP contribution < -0.4 is 0 Å². The molecule has 4 fully saturated rings. The largest absolute Gasteiger partial charge is 0.393 e. The highest BCUT2D eigenvalue weighted by Gasteiger charge is 2.65. The standard InChI is InChI=1S/C29H48O/c1-25(2)15-16-27(5)14-11-20-19(21(27)17-25)9-10-23-28(6)13-8-12-26(3,4)24(28)22(30)18-29(20,23)7/h11,19,21-24,30H,8-10,12-18H2,1-7H3/t19-,21-,22-,23+,24-,27-,28+,29-/m0/s1. The summed E-state index contributed by atoms with van der Waals surface area (Å²) in [7, 11) is 0. The van der Waals surface area contributed by atoms with Gasteiger partial charge in [-0.2, -0.15) is 0 Å². The second-order valence-corrected chi connectivity index (χ2v) is 14.7.